The Balaban J connectivity index is 1.78. The standard InChI is InChI=1S/C22H20N2O2/c1-2-26-18-14-12-16(13-15-18)21-23-20-11-7-6-10-19(20)22(25)24(21)17-8-4-3-5-9-17/h3-15,21,23H,2H2,1H3/t21-/m1/s1. The second-order valence-corrected chi connectivity index (χ2v) is 6.11. The van der Waals surface area contributed by atoms with E-state index >= 15 is 0 Å². The Labute approximate surface area is 153 Å². The number of nitrogens with one attached hydrogen (secondary N) is 1. The van der Waals surface area contributed by atoms with Crippen LogP contribution < -0.4 is 15.0 Å². The maximum Gasteiger partial charge on any atom is 0.262 e. The second-order valence-electron chi connectivity index (χ2n) is 6.11. The number of amides is 1. The number of fused-ring (bicyclic) bond motifs is 1. The van der Waals surface area contributed by atoms with E-state index in [1.807, 2.05) is 85.8 Å². The third-order valence-electron chi connectivity index (χ3n) is 4.47. The van der Waals surface area contributed by atoms with Gasteiger partial charge in [0.25, 0.3) is 5.91 Å². The maximum absolute atomic E-state index is 13.2. The van der Waals surface area contributed by atoms with Gasteiger partial charge in [-0.15, -0.1) is 0 Å². The molecule has 1 aliphatic heterocycles. The van der Waals surface area contributed by atoms with Crippen LogP contribution in [0, 0.1) is 0 Å². The van der Waals surface area contributed by atoms with E-state index in [2.05, 4.69) is 5.32 Å². The molecule has 1 atom stereocenters. The minimum Gasteiger partial charge on any atom is -0.494 e. The Bertz CT molecular complexity index is 907. The Hall–Kier alpha value is -3.27. The van der Waals surface area contributed by atoms with Crippen LogP contribution in [0.2, 0.25) is 0 Å². The minimum absolute atomic E-state index is 0.00978. The van der Waals surface area contributed by atoms with Crippen LogP contribution in [0.1, 0.15) is 29.0 Å². The molecule has 1 N–H and O–H groups in total. The van der Waals surface area contributed by atoms with Gasteiger partial charge in [0.15, 0.2) is 0 Å². The number of ether oxygens (including phenoxy) is 1. The summed E-state index contributed by atoms with van der Waals surface area (Å²) in [5.41, 5.74) is 3.39. The third-order valence-corrected chi connectivity index (χ3v) is 4.47. The number of anilines is 2. The van der Waals surface area contributed by atoms with E-state index in [1.165, 1.54) is 0 Å². The van der Waals surface area contributed by atoms with Gasteiger partial charge >= 0.3 is 0 Å². The molecular formula is C22H20N2O2. The molecule has 0 aliphatic carbocycles. The summed E-state index contributed by atoms with van der Waals surface area (Å²) in [6.07, 6.45) is -0.282. The summed E-state index contributed by atoms with van der Waals surface area (Å²) in [6.45, 7) is 2.59. The summed E-state index contributed by atoms with van der Waals surface area (Å²) in [5.74, 6) is 0.814. The monoisotopic (exact) mass is 344 g/mol. The number of rotatable bonds is 4. The molecule has 1 amide bonds. The number of hydrogen-bond donors (Lipinski definition) is 1. The van der Waals surface area contributed by atoms with Gasteiger partial charge in [0.2, 0.25) is 0 Å². The highest BCUT2D eigenvalue weighted by atomic mass is 16.5. The van der Waals surface area contributed by atoms with Crippen molar-refractivity contribution in [2.45, 2.75) is 13.1 Å². The first-order valence-corrected chi connectivity index (χ1v) is 8.75. The van der Waals surface area contributed by atoms with Crippen molar-refractivity contribution in [2.75, 3.05) is 16.8 Å². The van der Waals surface area contributed by atoms with Gasteiger partial charge in [0.1, 0.15) is 11.9 Å². The molecule has 3 aromatic carbocycles. The quantitative estimate of drug-likeness (QED) is 0.735. The van der Waals surface area contributed by atoms with E-state index in [0.29, 0.717) is 12.2 Å². The molecule has 4 nitrogen and oxygen atoms in total. The summed E-state index contributed by atoms with van der Waals surface area (Å²) in [5, 5.41) is 3.51. The first-order valence-electron chi connectivity index (χ1n) is 8.75. The van der Waals surface area contributed by atoms with E-state index in [-0.39, 0.29) is 12.1 Å². The maximum atomic E-state index is 13.2. The van der Waals surface area contributed by atoms with Crippen molar-refractivity contribution in [3.8, 4) is 5.75 Å². The van der Waals surface area contributed by atoms with Gasteiger partial charge in [-0.1, -0.05) is 42.5 Å². The molecule has 4 rings (SSSR count). The van der Waals surface area contributed by atoms with Crippen molar-refractivity contribution < 1.29 is 9.53 Å². The fraction of sp³-hybridized carbons (Fsp3) is 0.136. The van der Waals surface area contributed by atoms with Gasteiger partial charge in [-0.3, -0.25) is 9.69 Å². The average molecular weight is 344 g/mol. The van der Waals surface area contributed by atoms with E-state index in [4.69, 9.17) is 4.74 Å². The van der Waals surface area contributed by atoms with Crippen molar-refractivity contribution >= 4 is 17.3 Å². The zero-order valence-corrected chi connectivity index (χ0v) is 14.6. The lowest BCUT2D eigenvalue weighted by Crippen LogP contribution is -2.43. The minimum atomic E-state index is -0.282. The third kappa shape index (κ3) is 2.90. The average Bonchev–Trinajstić information content (AvgIpc) is 2.69. The molecular weight excluding hydrogens is 324 g/mol. The van der Waals surface area contributed by atoms with Crippen molar-refractivity contribution in [2.24, 2.45) is 0 Å². The Morgan fingerprint density at radius 3 is 2.35 bits per heavy atom. The SMILES string of the molecule is CCOc1ccc([C@@H]2Nc3ccccc3C(=O)N2c2ccccc2)cc1. The lowest BCUT2D eigenvalue weighted by Gasteiger charge is -2.38. The van der Waals surface area contributed by atoms with Crippen LogP contribution in [-0.4, -0.2) is 12.5 Å². The van der Waals surface area contributed by atoms with E-state index in [0.717, 1.165) is 22.7 Å². The smallest absolute Gasteiger partial charge is 0.262 e. The number of nitrogens with zero attached hydrogens (tertiary/aromatic N) is 1. The van der Waals surface area contributed by atoms with Gasteiger partial charge < -0.3 is 10.1 Å². The Morgan fingerprint density at radius 2 is 1.62 bits per heavy atom. The summed E-state index contributed by atoms with van der Waals surface area (Å²) < 4.78 is 5.54. The largest absolute Gasteiger partial charge is 0.494 e. The molecule has 4 heteroatoms. The molecule has 0 unspecified atom stereocenters. The van der Waals surface area contributed by atoms with Crippen molar-refractivity contribution in [1.82, 2.24) is 0 Å². The Morgan fingerprint density at radius 1 is 0.923 bits per heavy atom. The molecule has 1 heterocycles. The number of carbonyl (C=O) groups excluding carboxylic acids is 1. The molecule has 130 valence electrons. The summed E-state index contributed by atoms with van der Waals surface area (Å²) in [7, 11) is 0. The summed E-state index contributed by atoms with van der Waals surface area (Å²) in [4.78, 5) is 15.0. The molecule has 0 saturated heterocycles. The van der Waals surface area contributed by atoms with Crippen molar-refractivity contribution in [1.29, 1.82) is 0 Å². The molecule has 1 aliphatic rings. The normalized spacial score (nSPS) is 16.0. The predicted molar refractivity (Wildman–Crippen MR) is 104 cm³/mol. The number of carbonyl (C=O) groups is 1. The lowest BCUT2D eigenvalue weighted by atomic mass is 10.0. The number of benzene rings is 3. The van der Waals surface area contributed by atoms with Crippen LogP contribution in [0.25, 0.3) is 0 Å². The molecule has 0 aromatic heterocycles. The molecule has 3 aromatic rings. The molecule has 26 heavy (non-hydrogen) atoms. The van der Waals surface area contributed by atoms with Crippen LogP contribution in [0.15, 0.2) is 78.9 Å². The van der Waals surface area contributed by atoms with Crippen molar-refractivity contribution in [3.05, 3.63) is 90.0 Å². The van der Waals surface area contributed by atoms with Gasteiger partial charge in [0, 0.05) is 11.4 Å². The number of hydrogen-bond acceptors (Lipinski definition) is 3. The van der Waals surface area contributed by atoms with Crippen LogP contribution in [0.4, 0.5) is 11.4 Å². The zero-order valence-electron chi connectivity index (χ0n) is 14.6. The van der Waals surface area contributed by atoms with E-state index < -0.39 is 0 Å². The molecule has 0 radical (unpaired) electrons. The molecule has 0 spiro atoms. The fourth-order valence-corrected chi connectivity index (χ4v) is 3.25. The van der Waals surface area contributed by atoms with Gasteiger partial charge in [0.05, 0.1) is 12.2 Å². The molecule has 0 saturated carbocycles. The van der Waals surface area contributed by atoms with Gasteiger partial charge in [-0.2, -0.15) is 0 Å². The highest BCUT2D eigenvalue weighted by Crippen LogP contribution is 2.36. The first kappa shape index (κ1) is 16.2. The van der Waals surface area contributed by atoms with Crippen LogP contribution in [0.5, 0.6) is 5.75 Å². The van der Waals surface area contributed by atoms with Crippen LogP contribution in [0.3, 0.4) is 0 Å². The summed E-state index contributed by atoms with van der Waals surface area (Å²) >= 11 is 0. The molecule has 0 fully saturated rings. The Kier molecular flexibility index (Phi) is 4.32. The topological polar surface area (TPSA) is 41.6 Å². The van der Waals surface area contributed by atoms with Gasteiger partial charge in [-0.05, 0) is 48.9 Å². The first-order chi connectivity index (χ1) is 12.8. The highest BCUT2D eigenvalue weighted by molar-refractivity contribution is 6.12. The van der Waals surface area contributed by atoms with Crippen molar-refractivity contribution in [3.63, 3.8) is 0 Å². The highest BCUT2D eigenvalue weighted by Gasteiger charge is 2.33. The lowest BCUT2D eigenvalue weighted by molar-refractivity contribution is 0.0975. The predicted octanol–water partition coefficient (Wildman–Crippen LogP) is 4.86. The summed E-state index contributed by atoms with van der Waals surface area (Å²) in [6, 6.07) is 25.2. The number of para-hydroxylation sites is 2. The second kappa shape index (κ2) is 6.92. The molecule has 0 bridgehead atoms. The zero-order chi connectivity index (χ0) is 17.9. The fourth-order valence-electron chi connectivity index (χ4n) is 3.25. The van der Waals surface area contributed by atoms with Gasteiger partial charge in [-0.25, -0.2) is 0 Å². The van der Waals surface area contributed by atoms with E-state index in [9.17, 15) is 4.79 Å². The van der Waals surface area contributed by atoms with Crippen LogP contribution in [-0.2, 0) is 0 Å². The van der Waals surface area contributed by atoms with Crippen LogP contribution >= 0.6 is 0 Å². The van der Waals surface area contributed by atoms with E-state index in [1.54, 1.807) is 4.90 Å².